The molecule has 0 radical (unpaired) electrons. The number of methoxy groups -OCH3 is 2. The van der Waals surface area contributed by atoms with Crippen molar-refractivity contribution in [3.63, 3.8) is 0 Å². The average Bonchev–Trinajstić information content (AvgIpc) is 2.79. The smallest absolute Gasteiger partial charge is 0.217 e. The fourth-order valence-electron chi connectivity index (χ4n) is 1.48. The quantitative estimate of drug-likeness (QED) is 0.735. The number of imidazole rings is 1. The van der Waals surface area contributed by atoms with Gasteiger partial charge in [0.15, 0.2) is 10.7 Å². The van der Waals surface area contributed by atoms with E-state index in [1.54, 1.807) is 0 Å². The number of hydrogen-bond acceptors (Lipinski definition) is 5. The lowest BCUT2D eigenvalue weighted by Gasteiger charge is -2.10. The van der Waals surface area contributed by atoms with Gasteiger partial charge in [-0.05, 0) is 0 Å². The lowest BCUT2D eigenvalue weighted by molar-refractivity contribution is -0.155. The van der Waals surface area contributed by atoms with E-state index in [4.69, 9.17) is 9.47 Å². The van der Waals surface area contributed by atoms with Crippen molar-refractivity contribution in [2.24, 2.45) is 0 Å². The number of rotatable bonds is 5. The topological polar surface area (TPSA) is 52.8 Å². The minimum Gasteiger partial charge on any atom is -0.349 e. The summed E-state index contributed by atoms with van der Waals surface area (Å²) in [5, 5.41) is 1.95. The van der Waals surface area contributed by atoms with Gasteiger partial charge in [-0.1, -0.05) is 0 Å². The van der Waals surface area contributed by atoms with E-state index in [1.165, 1.54) is 25.6 Å². The monoisotopic (exact) mass is 240 g/mol. The molecule has 0 aromatic carbocycles. The van der Waals surface area contributed by atoms with Crippen LogP contribution in [-0.2, 0) is 20.7 Å². The zero-order chi connectivity index (χ0) is 11.5. The maximum absolute atomic E-state index is 11.7. The van der Waals surface area contributed by atoms with E-state index < -0.39 is 6.29 Å². The van der Waals surface area contributed by atoms with Crippen molar-refractivity contribution in [2.45, 2.75) is 12.7 Å². The van der Waals surface area contributed by atoms with Crippen molar-refractivity contribution < 1.29 is 14.3 Å². The number of ketones is 1. The number of thiazole rings is 1. The Labute approximate surface area is 96.6 Å². The van der Waals surface area contributed by atoms with Crippen LogP contribution in [0.5, 0.6) is 0 Å². The highest BCUT2D eigenvalue weighted by atomic mass is 32.1. The van der Waals surface area contributed by atoms with Gasteiger partial charge in [0.2, 0.25) is 6.29 Å². The van der Waals surface area contributed by atoms with Crippen LogP contribution in [-0.4, -0.2) is 35.7 Å². The summed E-state index contributed by atoms with van der Waals surface area (Å²) >= 11 is 1.53. The van der Waals surface area contributed by atoms with Gasteiger partial charge < -0.3 is 9.47 Å². The summed E-state index contributed by atoms with van der Waals surface area (Å²) in [7, 11) is 2.88. The fourth-order valence-corrected chi connectivity index (χ4v) is 2.20. The molecule has 0 aliphatic heterocycles. The first kappa shape index (κ1) is 11.3. The van der Waals surface area contributed by atoms with Crippen molar-refractivity contribution in [2.75, 3.05) is 14.2 Å². The van der Waals surface area contributed by atoms with Crippen LogP contribution >= 0.6 is 11.3 Å². The van der Waals surface area contributed by atoms with Gasteiger partial charge in [0.25, 0.3) is 0 Å². The summed E-state index contributed by atoms with van der Waals surface area (Å²) < 4.78 is 11.7. The zero-order valence-electron chi connectivity index (χ0n) is 9.04. The number of Topliss-reactive ketones (excluding diaryl/α,β-unsaturated/α-hetero) is 1. The first-order chi connectivity index (χ1) is 7.74. The van der Waals surface area contributed by atoms with Crippen LogP contribution in [0.3, 0.4) is 0 Å². The average molecular weight is 240 g/mol. The normalized spacial score (nSPS) is 11.4. The Morgan fingerprint density at radius 2 is 2.31 bits per heavy atom. The van der Waals surface area contributed by atoms with Crippen molar-refractivity contribution in [3.8, 4) is 0 Å². The van der Waals surface area contributed by atoms with Crippen LogP contribution in [0.25, 0.3) is 4.96 Å². The van der Waals surface area contributed by atoms with Gasteiger partial charge in [-0.2, -0.15) is 0 Å². The second kappa shape index (κ2) is 4.73. The number of ether oxygens (including phenoxy) is 2. The third-order valence-corrected chi connectivity index (χ3v) is 2.96. The molecule has 0 unspecified atom stereocenters. The number of carbonyl (C=O) groups excluding carboxylic acids is 1. The van der Waals surface area contributed by atoms with Crippen molar-refractivity contribution >= 4 is 22.1 Å². The molecule has 0 N–H and O–H groups in total. The second-order valence-electron chi connectivity index (χ2n) is 3.27. The minimum absolute atomic E-state index is 0.129. The molecule has 0 saturated carbocycles. The van der Waals surface area contributed by atoms with Crippen LogP contribution in [0.1, 0.15) is 5.69 Å². The fraction of sp³-hybridized carbons (Fsp3) is 0.400. The Kier molecular flexibility index (Phi) is 3.33. The number of hydrogen-bond donors (Lipinski definition) is 0. The maximum atomic E-state index is 11.7. The molecule has 2 aromatic rings. The summed E-state index contributed by atoms with van der Waals surface area (Å²) in [4.78, 5) is 16.9. The van der Waals surface area contributed by atoms with E-state index in [2.05, 4.69) is 4.98 Å². The van der Waals surface area contributed by atoms with Gasteiger partial charge in [-0.15, -0.1) is 11.3 Å². The van der Waals surface area contributed by atoms with E-state index >= 15 is 0 Å². The zero-order valence-corrected chi connectivity index (χ0v) is 9.86. The van der Waals surface area contributed by atoms with E-state index in [9.17, 15) is 4.79 Å². The maximum Gasteiger partial charge on any atom is 0.217 e. The van der Waals surface area contributed by atoms with Gasteiger partial charge >= 0.3 is 0 Å². The summed E-state index contributed by atoms with van der Waals surface area (Å²) in [5.41, 5.74) is 0.732. The number of carbonyl (C=O) groups is 1. The van der Waals surface area contributed by atoms with Crippen molar-refractivity contribution in [1.29, 1.82) is 0 Å². The predicted octanol–water partition coefficient (Wildman–Crippen LogP) is 1.13. The van der Waals surface area contributed by atoms with Gasteiger partial charge in [-0.25, -0.2) is 4.98 Å². The molecule has 5 nitrogen and oxygen atoms in total. The predicted molar refractivity (Wildman–Crippen MR) is 59.6 cm³/mol. The Bertz CT molecular complexity index is 458. The Morgan fingerprint density at radius 3 is 2.94 bits per heavy atom. The highest BCUT2D eigenvalue weighted by Crippen LogP contribution is 2.12. The summed E-state index contributed by atoms with van der Waals surface area (Å²) in [6.45, 7) is 0. The SMILES string of the molecule is COC(OC)C(=O)Cc1cn2ccsc2n1. The van der Waals surface area contributed by atoms with Gasteiger partial charge in [0.1, 0.15) is 0 Å². The summed E-state index contributed by atoms with van der Waals surface area (Å²) in [6, 6.07) is 0. The molecule has 2 aromatic heterocycles. The molecule has 0 aliphatic carbocycles. The molecule has 6 heteroatoms. The van der Waals surface area contributed by atoms with Crippen molar-refractivity contribution in [1.82, 2.24) is 9.38 Å². The molecule has 86 valence electrons. The number of nitrogens with zero attached hydrogens (tertiary/aromatic N) is 2. The van der Waals surface area contributed by atoms with E-state index in [0.717, 1.165) is 10.7 Å². The molecular weight excluding hydrogens is 228 g/mol. The molecule has 0 fully saturated rings. The largest absolute Gasteiger partial charge is 0.349 e. The van der Waals surface area contributed by atoms with E-state index in [0.29, 0.717) is 0 Å². The third kappa shape index (κ3) is 2.13. The molecule has 0 spiro atoms. The Morgan fingerprint density at radius 1 is 1.56 bits per heavy atom. The van der Waals surface area contributed by atoms with Crippen molar-refractivity contribution in [3.05, 3.63) is 23.5 Å². The van der Waals surface area contributed by atoms with Gasteiger partial charge in [0.05, 0.1) is 12.1 Å². The second-order valence-corrected chi connectivity index (χ2v) is 4.14. The Hall–Kier alpha value is -1.24. The molecule has 0 amide bonds. The Balaban J connectivity index is 2.09. The lowest BCUT2D eigenvalue weighted by Crippen LogP contribution is -2.26. The van der Waals surface area contributed by atoms with Crippen LogP contribution in [0.4, 0.5) is 0 Å². The van der Waals surface area contributed by atoms with Crippen LogP contribution in [0.15, 0.2) is 17.8 Å². The van der Waals surface area contributed by atoms with E-state index in [1.807, 2.05) is 22.2 Å². The summed E-state index contributed by atoms with van der Waals surface area (Å²) in [6.07, 6.45) is 3.16. The number of fused-ring (bicyclic) bond motifs is 1. The minimum atomic E-state index is -0.806. The first-order valence-corrected chi connectivity index (χ1v) is 5.62. The highest BCUT2D eigenvalue weighted by molar-refractivity contribution is 7.15. The standard InChI is InChI=1S/C10H12N2O3S/c1-14-9(15-2)8(13)5-7-6-12-3-4-16-10(12)11-7/h3-4,6,9H,5H2,1-2H3. The summed E-state index contributed by atoms with van der Waals surface area (Å²) in [5.74, 6) is -0.129. The molecule has 0 atom stereocenters. The van der Waals surface area contributed by atoms with Crippen LogP contribution in [0, 0.1) is 0 Å². The molecule has 0 aliphatic rings. The molecular formula is C10H12N2O3S. The van der Waals surface area contributed by atoms with E-state index in [-0.39, 0.29) is 12.2 Å². The highest BCUT2D eigenvalue weighted by Gasteiger charge is 2.18. The molecule has 2 heterocycles. The van der Waals surface area contributed by atoms with Crippen LogP contribution < -0.4 is 0 Å². The van der Waals surface area contributed by atoms with Gasteiger partial charge in [0, 0.05) is 32.0 Å². The lowest BCUT2D eigenvalue weighted by atomic mass is 10.2. The van der Waals surface area contributed by atoms with Gasteiger partial charge in [-0.3, -0.25) is 9.20 Å². The number of aromatic nitrogens is 2. The molecule has 0 saturated heterocycles. The van der Waals surface area contributed by atoms with Crippen LogP contribution in [0.2, 0.25) is 0 Å². The first-order valence-electron chi connectivity index (χ1n) is 4.74. The third-order valence-electron chi connectivity index (χ3n) is 2.19. The molecule has 2 rings (SSSR count). The molecule has 0 bridgehead atoms. The molecule has 16 heavy (non-hydrogen) atoms.